The average Bonchev–Trinajstić information content (AvgIpc) is 3.08. The van der Waals surface area contributed by atoms with Crippen LogP contribution in [0, 0.1) is 0 Å². The van der Waals surface area contributed by atoms with Crippen LogP contribution in [0.5, 0.6) is 11.5 Å². The molecule has 8 nitrogen and oxygen atoms in total. The molecule has 0 aliphatic rings. The van der Waals surface area contributed by atoms with E-state index < -0.39 is 24.1 Å². The maximum Gasteiger partial charge on any atom is 0.338 e. The van der Waals surface area contributed by atoms with Crippen molar-refractivity contribution in [1.82, 2.24) is 0 Å². The van der Waals surface area contributed by atoms with E-state index in [2.05, 4.69) is 10.6 Å². The number of para-hydroxylation sites is 2. The van der Waals surface area contributed by atoms with Crippen molar-refractivity contribution >= 4 is 34.7 Å². The molecule has 0 bridgehead atoms. The number of hydrogen-bond acceptors (Lipinski definition) is 8. The third kappa shape index (κ3) is 9.62. The molecule has 0 aromatic heterocycles. The van der Waals surface area contributed by atoms with Crippen molar-refractivity contribution in [3.63, 3.8) is 0 Å². The van der Waals surface area contributed by atoms with Crippen LogP contribution >= 0.6 is 0 Å². The zero-order valence-electron chi connectivity index (χ0n) is 25.7. The molecule has 0 aliphatic heterocycles. The zero-order valence-corrected chi connectivity index (χ0v) is 25.7. The van der Waals surface area contributed by atoms with Crippen molar-refractivity contribution in [3.8, 4) is 11.5 Å². The number of carbonyl (C=O) groups is 2. The molecule has 0 amide bonds. The molecule has 0 fully saturated rings. The highest BCUT2D eigenvalue weighted by atomic mass is 16.6. The molecule has 8 heteroatoms. The molecule has 5 aromatic rings. The van der Waals surface area contributed by atoms with Crippen molar-refractivity contribution in [2.45, 2.75) is 26.1 Å². The summed E-state index contributed by atoms with van der Waals surface area (Å²) >= 11 is 0. The molecular weight excluding hydrogens is 580 g/mol. The Morgan fingerprint density at radius 2 is 0.804 bits per heavy atom. The first kappa shape index (κ1) is 31.7. The fourth-order valence-electron chi connectivity index (χ4n) is 4.38. The number of anilines is 4. The summed E-state index contributed by atoms with van der Waals surface area (Å²) < 4.78 is 22.6. The predicted molar refractivity (Wildman–Crippen MR) is 180 cm³/mol. The lowest BCUT2D eigenvalue weighted by Gasteiger charge is -2.16. The Kier molecular flexibility index (Phi) is 10.9. The van der Waals surface area contributed by atoms with E-state index in [4.69, 9.17) is 18.9 Å². The molecular formula is C38H36N2O6. The van der Waals surface area contributed by atoms with Gasteiger partial charge >= 0.3 is 11.9 Å². The molecule has 5 aromatic carbocycles. The Balaban J connectivity index is 1.01. The van der Waals surface area contributed by atoms with Gasteiger partial charge in [0.25, 0.3) is 0 Å². The van der Waals surface area contributed by atoms with Crippen LogP contribution in [-0.4, -0.2) is 37.4 Å². The highest BCUT2D eigenvalue weighted by molar-refractivity contribution is 5.93. The Labute approximate surface area is 268 Å². The second-order valence-corrected chi connectivity index (χ2v) is 10.7. The van der Waals surface area contributed by atoms with E-state index in [9.17, 15) is 9.59 Å². The van der Waals surface area contributed by atoms with Crippen LogP contribution in [0.25, 0.3) is 0 Å². The van der Waals surface area contributed by atoms with Gasteiger partial charge in [-0.05, 0) is 111 Å². The second kappa shape index (κ2) is 15.8. The fraction of sp³-hybridized carbons (Fsp3) is 0.158. The summed E-state index contributed by atoms with van der Waals surface area (Å²) in [5.41, 5.74) is 4.51. The Morgan fingerprint density at radius 3 is 1.15 bits per heavy atom. The quantitative estimate of drug-likeness (QED) is 0.120. The number of esters is 2. The molecule has 0 saturated carbocycles. The smallest absolute Gasteiger partial charge is 0.338 e. The molecule has 2 unspecified atom stereocenters. The maximum atomic E-state index is 12.7. The van der Waals surface area contributed by atoms with Crippen LogP contribution < -0.4 is 20.1 Å². The second-order valence-electron chi connectivity index (χ2n) is 10.7. The van der Waals surface area contributed by atoms with E-state index in [1.54, 1.807) is 13.8 Å². The van der Waals surface area contributed by atoms with Gasteiger partial charge in [-0.3, -0.25) is 0 Å². The van der Waals surface area contributed by atoms with Crippen molar-refractivity contribution in [2.75, 3.05) is 23.8 Å². The summed E-state index contributed by atoms with van der Waals surface area (Å²) in [5, 5.41) is 6.64. The maximum absolute atomic E-state index is 12.7. The standard InChI is InChI=1S/C38H36N2O6/c1-27(25-43-35-21-17-33(18-22-35)39-31-9-5-3-6-10-31)45-37(41)29-13-15-30(16-14-29)38(42)46-28(2)26-44-36-23-19-34(20-24-36)40-32-11-7-4-8-12-32/h3-24,27-28,39-40H,25-26H2,1-2H3. The van der Waals surface area contributed by atoms with Crippen molar-refractivity contribution in [2.24, 2.45) is 0 Å². The van der Waals surface area contributed by atoms with Gasteiger partial charge in [-0.25, -0.2) is 9.59 Å². The summed E-state index contributed by atoms with van der Waals surface area (Å²) in [6, 6.07) is 41.0. The summed E-state index contributed by atoms with van der Waals surface area (Å²) in [6.45, 7) is 3.90. The largest absolute Gasteiger partial charge is 0.490 e. The first-order valence-electron chi connectivity index (χ1n) is 15.0. The summed E-state index contributed by atoms with van der Waals surface area (Å²) in [7, 11) is 0. The highest BCUT2D eigenvalue weighted by Gasteiger charge is 2.16. The van der Waals surface area contributed by atoms with Crippen LogP contribution in [0.3, 0.4) is 0 Å². The lowest BCUT2D eigenvalue weighted by molar-refractivity contribution is 0.0215. The first-order valence-corrected chi connectivity index (χ1v) is 15.0. The molecule has 5 rings (SSSR count). The van der Waals surface area contributed by atoms with Crippen LogP contribution in [-0.2, 0) is 9.47 Å². The minimum atomic E-state index is -0.509. The molecule has 0 radical (unpaired) electrons. The summed E-state index contributed by atoms with van der Waals surface area (Å²) in [5.74, 6) is 0.312. The topological polar surface area (TPSA) is 95.1 Å². The van der Waals surface area contributed by atoms with Gasteiger partial charge in [-0.2, -0.15) is 0 Å². The van der Waals surface area contributed by atoms with E-state index in [1.165, 1.54) is 24.3 Å². The van der Waals surface area contributed by atoms with Crippen LogP contribution in [0.1, 0.15) is 34.6 Å². The van der Waals surface area contributed by atoms with Crippen LogP contribution in [0.15, 0.2) is 133 Å². The third-order valence-electron chi connectivity index (χ3n) is 6.78. The Bertz CT molecular complexity index is 1550. The van der Waals surface area contributed by atoms with Gasteiger partial charge in [0.15, 0.2) is 0 Å². The molecule has 0 heterocycles. The SMILES string of the molecule is CC(COc1ccc(Nc2ccccc2)cc1)OC(=O)c1ccc(C(=O)OC(C)COc2ccc(Nc3ccccc3)cc2)cc1. The fourth-order valence-corrected chi connectivity index (χ4v) is 4.38. The molecule has 0 saturated heterocycles. The van der Waals surface area contributed by atoms with E-state index in [0.29, 0.717) is 22.6 Å². The van der Waals surface area contributed by atoms with Crippen molar-refractivity contribution < 1.29 is 28.5 Å². The minimum Gasteiger partial charge on any atom is -0.490 e. The number of benzene rings is 5. The number of nitrogens with one attached hydrogen (secondary N) is 2. The zero-order chi connectivity index (χ0) is 32.1. The van der Waals surface area contributed by atoms with Gasteiger partial charge in [0.1, 0.15) is 36.9 Å². The number of ether oxygens (including phenoxy) is 4. The lowest BCUT2D eigenvalue weighted by atomic mass is 10.1. The third-order valence-corrected chi connectivity index (χ3v) is 6.78. The summed E-state index contributed by atoms with van der Waals surface area (Å²) in [6.07, 6.45) is -0.979. The molecule has 0 aliphatic carbocycles. The molecule has 2 atom stereocenters. The van der Waals surface area contributed by atoms with E-state index in [-0.39, 0.29) is 13.2 Å². The molecule has 0 spiro atoms. The van der Waals surface area contributed by atoms with Crippen LogP contribution in [0.2, 0.25) is 0 Å². The Morgan fingerprint density at radius 1 is 0.478 bits per heavy atom. The van der Waals surface area contributed by atoms with Gasteiger partial charge in [0.2, 0.25) is 0 Å². The Hall–Kier alpha value is -5.76. The normalized spacial score (nSPS) is 11.9. The molecule has 46 heavy (non-hydrogen) atoms. The van der Waals surface area contributed by atoms with Crippen molar-refractivity contribution in [3.05, 3.63) is 145 Å². The summed E-state index contributed by atoms with van der Waals surface area (Å²) in [4.78, 5) is 25.3. The first-order chi connectivity index (χ1) is 22.4. The number of hydrogen-bond donors (Lipinski definition) is 2. The van der Waals surface area contributed by atoms with E-state index >= 15 is 0 Å². The van der Waals surface area contributed by atoms with Gasteiger partial charge in [0, 0.05) is 22.7 Å². The predicted octanol–water partition coefficient (Wildman–Crippen LogP) is 8.42. The van der Waals surface area contributed by atoms with Gasteiger partial charge in [-0.1, -0.05) is 36.4 Å². The molecule has 234 valence electrons. The van der Waals surface area contributed by atoms with E-state index in [1.807, 2.05) is 109 Å². The van der Waals surface area contributed by atoms with Gasteiger partial charge < -0.3 is 29.6 Å². The minimum absolute atomic E-state index is 0.191. The van der Waals surface area contributed by atoms with Crippen molar-refractivity contribution in [1.29, 1.82) is 0 Å². The van der Waals surface area contributed by atoms with Gasteiger partial charge in [-0.15, -0.1) is 0 Å². The van der Waals surface area contributed by atoms with Gasteiger partial charge in [0.05, 0.1) is 11.1 Å². The van der Waals surface area contributed by atoms with E-state index in [0.717, 1.165) is 22.7 Å². The number of rotatable bonds is 14. The van der Waals surface area contributed by atoms with Crippen LogP contribution in [0.4, 0.5) is 22.7 Å². The lowest BCUT2D eigenvalue weighted by Crippen LogP contribution is -2.23. The molecule has 2 N–H and O–H groups in total. The highest BCUT2D eigenvalue weighted by Crippen LogP contribution is 2.22. The average molecular weight is 617 g/mol. The monoisotopic (exact) mass is 616 g/mol. The number of carbonyl (C=O) groups excluding carboxylic acids is 2.